The molecule has 0 saturated heterocycles. The van der Waals surface area contributed by atoms with Crippen molar-refractivity contribution in [2.75, 3.05) is 0 Å². The van der Waals surface area contributed by atoms with E-state index >= 15 is 0 Å². The van der Waals surface area contributed by atoms with Gasteiger partial charge in [0, 0.05) is 23.7 Å². The maximum Gasteiger partial charge on any atom is 0.416 e. The average molecular weight is 464 g/mol. The van der Waals surface area contributed by atoms with Gasteiger partial charge in [0.05, 0.1) is 29.4 Å². The van der Waals surface area contributed by atoms with Crippen molar-refractivity contribution < 1.29 is 18.0 Å². The number of amides is 1. The Bertz CT molecular complexity index is 1250. The maximum atomic E-state index is 13.2. The molecule has 0 aliphatic heterocycles. The molecule has 4 aromatic rings. The fraction of sp³-hybridized carbons (Fsp3) is 0.192. The third kappa shape index (κ3) is 5.01. The fourth-order valence-corrected chi connectivity index (χ4v) is 3.93. The number of hydrogen-bond acceptors (Lipinski definition) is 3. The summed E-state index contributed by atoms with van der Waals surface area (Å²) >= 11 is 0. The molecular formula is C26H23F3N4O. The second-order valence-electron chi connectivity index (χ2n) is 7.98. The van der Waals surface area contributed by atoms with Crippen LogP contribution in [0.15, 0.2) is 79.1 Å². The lowest BCUT2D eigenvalue weighted by molar-refractivity contribution is -0.137. The lowest BCUT2D eigenvalue weighted by Crippen LogP contribution is -2.30. The average Bonchev–Trinajstić information content (AvgIpc) is 3.11. The molecule has 0 radical (unpaired) electrons. The molecule has 0 aliphatic carbocycles. The van der Waals surface area contributed by atoms with Gasteiger partial charge in [0.2, 0.25) is 5.91 Å². The van der Waals surface area contributed by atoms with Crippen LogP contribution < -0.4 is 5.32 Å². The number of pyridine rings is 1. The summed E-state index contributed by atoms with van der Waals surface area (Å²) in [5, 5.41) is 7.49. The number of alkyl halides is 3. The summed E-state index contributed by atoms with van der Waals surface area (Å²) in [5.74, 6) is -0.222. The molecular weight excluding hydrogens is 441 g/mol. The van der Waals surface area contributed by atoms with Gasteiger partial charge in [0.1, 0.15) is 0 Å². The molecule has 2 aromatic heterocycles. The Morgan fingerprint density at radius 3 is 2.32 bits per heavy atom. The SMILES string of the molecule is Cc1nn(-c2cccc(C(F)(F)F)c2)c(C)c1CC(=O)NC(c1ccccc1)c1ccncc1. The Kier molecular flexibility index (Phi) is 6.49. The van der Waals surface area contributed by atoms with Gasteiger partial charge in [-0.1, -0.05) is 36.4 Å². The number of carbonyl (C=O) groups is 1. The summed E-state index contributed by atoms with van der Waals surface area (Å²) in [4.78, 5) is 17.1. The molecule has 1 atom stereocenters. The van der Waals surface area contributed by atoms with Crippen LogP contribution in [0, 0.1) is 13.8 Å². The van der Waals surface area contributed by atoms with E-state index in [1.807, 2.05) is 42.5 Å². The second-order valence-corrected chi connectivity index (χ2v) is 7.98. The predicted octanol–water partition coefficient (Wildman–Crippen LogP) is 5.35. The lowest BCUT2D eigenvalue weighted by atomic mass is 9.99. The molecule has 0 bridgehead atoms. The van der Waals surface area contributed by atoms with Crippen LogP contribution in [0.4, 0.5) is 13.2 Å². The zero-order valence-corrected chi connectivity index (χ0v) is 18.7. The van der Waals surface area contributed by atoms with E-state index in [4.69, 9.17) is 0 Å². The van der Waals surface area contributed by atoms with Gasteiger partial charge in [-0.3, -0.25) is 9.78 Å². The molecule has 0 saturated carbocycles. The van der Waals surface area contributed by atoms with Crippen molar-refractivity contribution in [1.29, 1.82) is 0 Å². The minimum atomic E-state index is -4.45. The van der Waals surface area contributed by atoms with Gasteiger partial charge in [-0.05, 0) is 55.3 Å². The zero-order valence-electron chi connectivity index (χ0n) is 18.7. The first-order valence-corrected chi connectivity index (χ1v) is 10.7. The first-order valence-electron chi connectivity index (χ1n) is 10.7. The van der Waals surface area contributed by atoms with Crippen LogP contribution >= 0.6 is 0 Å². The highest BCUT2D eigenvalue weighted by Gasteiger charge is 2.31. The van der Waals surface area contributed by atoms with Gasteiger partial charge in [-0.2, -0.15) is 18.3 Å². The van der Waals surface area contributed by atoms with Crippen LogP contribution in [-0.4, -0.2) is 20.7 Å². The van der Waals surface area contributed by atoms with Crippen molar-refractivity contribution in [1.82, 2.24) is 20.1 Å². The summed E-state index contributed by atoms with van der Waals surface area (Å²) in [6.45, 7) is 3.50. The van der Waals surface area contributed by atoms with E-state index in [0.717, 1.165) is 23.3 Å². The standard InChI is InChI=1S/C26H23F3N4O/c1-17-23(18(2)33(32-17)22-10-6-9-21(15-22)26(27,28)29)16-24(34)31-25(19-7-4-3-5-8-19)20-11-13-30-14-12-20/h3-15,25H,16H2,1-2H3,(H,31,34). The first-order chi connectivity index (χ1) is 16.2. The Balaban J connectivity index is 1.60. The van der Waals surface area contributed by atoms with Crippen LogP contribution in [0.5, 0.6) is 0 Å². The highest BCUT2D eigenvalue weighted by atomic mass is 19.4. The number of hydrogen-bond donors (Lipinski definition) is 1. The maximum absolute atomic E-state index is 13.2. The number of carbonyl (C=O) groups excluding carboxylic acids is 1. The summed E-state index contributed by atoms with van der Waals surface area (Å²) in [6.07, 6.45) is -1.06. The molecule has 1 N–H and O–H groups in total. The lowest BCUT2D eigenvalue weighted by Gasteiger charge is -2.20. The number of rotatable bonds is 6. The van der Waals surface area contributed by atoms with E-state index in [1.165, 1.54) is 10.7 Å². The molecule has 0 aliphatic rings. The molecule has 34 heavy (non-hydrogen) atoms. The van der Waals surface area contributed by atoms with E-state index in [2.05, 4.69) is 15.4 Å². The van der Waals surface area contributed by atoms with Gasteiger partial charge in [0.25, 0.3) is 0 Å². The van der Waals surface area contributed by atoms with Crippen molar-refractivity contribution in [3.8, 4) is 5.69 Å². The van der Waals surface area contributed by atoms with Gasteiger partial charge in [0.15, 0.2) is 0 Å². The summed E-state index contributed by atoms with van der Waals surface area (Å²) in [7, 11) is 0. The smallest absolute Gasteiger partial charge is 0.345 e. The number of halogens is 3. The van der Waals surface area contributed by atoms with Crippen LogP contribution in [0.2, 0.25) is 0 Å². The van der Waals surface area contributed by atoms with Gasteiger partial charge in [-0.15, -0.1) is 0 Å². The van der Waals surface area contributed by atoms with Crippen molar-refractivity contribution >= 4 is 5.91 Å². The van der Waals surface area contributed by atoms with Crippen LogP contribution in [0.25, 0.3) is 5.69 Å². The highest BCUT2D eigenvalue weighted by molar-refractivity contribution is 5.80. The molecule has 1 amide bonds. The molecule has 2 aromatic carbocycles. The van der Waals surface area contributed by atoms with E-state index in [-0.39, 0.29) is 18.4 Å². The Morgan fingerprint density at radius 2 is 1.65 bits per heavy atom. The number of aromatic nitrogens is 3. The highest BCUT2D eigenvalue weighted by Crippen LogP contribution is 2.31. The van der Waals surface area contributed by atoms with E-state index in [9.17, 15) is 18.0 Å². The Morgan fingerprint density at radius 1 is 0.971 bits per heavy atom. The summed E-state index contributed by atoms with van der Waals surface area (Å²) in [5.41, 5.74) is 3.24. The topological polar surface area (TPSA) is 59.8 Å². The molecule has 8 heteroatoms. The number of nitrogens with one attached hydrogen (secondary N) is 1. The third-order valence-corrected chi connectivity index (χ3v) is 5.67. The van der Waals surface area contributed by atoms with E-state index in [1.54, 1.807) is 32.3 Å². The van der Waals surface area contributed by atoms with Gasteiger partial charge >= 0.3 is 6.18 Å². The molecule has 1 unspecified atom stereocenters. The second kappa shape index (κ2) is 9.51. The predicted molar refractivity (Wildman–Crippen MR) is 122 cm³/mol. The molecule has 0 spiro atoms. The van der Waals surface area contributed by atoms with Crippen molar-refractivity contribution in [3.05, 3.63) is 113 Å². The van der Waals surface area contributed by atoms with E-state index in [0.29, 0.717) is 22.6 Å². The van der Waals surface area contributed by atoms with Crippen molar-refractivity contribution in [3.63, 3.8) is 0 Å². The van der Waals surface area contributed by atoms with Crippen molar-refractivity contribution in [2.24, 2.45) is 0 Å². The van der Waals surface area contributed by atoms with Gasteiger partial charge in [-0.25, -0.2) is 4.68 Å². The first kappa shape index (κ1) is 23.2. The van der Waals surface area contributed by atoms with Crippen LogP contribution in [0.1, 0.15) is 39.7 Å². The molecule has 4 rings (SSSR count). The molecule has 5 nitrogen and oxygen atoms in total. The van der Waals surface area contributed by atoms with E-state index < -0.39 is 11.7 Å². The number of nitrogens with zero attached hydrogens (tertiary/aromatic N) is 3. The quantitative estimate of drug-likeness (QED) is 0.418. The third-order valence-electron chi connectivity index (χ3n) is 5.67. The Labute approximate surface area is 195 Å². The minimum Gasteiger partial charge on any atom is -0.345 e. The molecule has 0 fully saturated rings. The van der Waals surface area contributed by atoms with Gasteiger partial charge < -0.3 is 5.32 Å². The van der Waals surface area contributed by atoms with Crippen molar-refractivity contribution in [2.45, 2.75) is 32.5 Å². The minimum absolute atomic E-state index is 0.0467. The van der Waals surface area contributed by atoms with Crippen LogP contribution in [-0.2, 0) is 17.4 Å². The monoisotopic (exact) mass is 464 g/mol. The Hall–Kier alpha value is -3.94. The normalized spacial score (nSPS) is 12.4. The zero-order chi connectivity index (χ0) is 24.3. The molecule has 174 valence electrons. The largest absolute Gasteiger partial charge is 0.416 e. The van der Waals surface area contributed by atoms with Crippen LogP contribution in [0.3, 0.4) is 0 Å². The summed E-state index contributed by atoms with van der Waals surface area (Å²) in [6, 6.07) is 17.9. The molecule has 2 heterocycles. The summed E-state index contributed by atoms with van der Waals surface area (Å²) < 4.78 is 40.9. The fourth-order valence-electron chi connectivity index (χ4n) is 3.93. The number of aryl methyl sites for hydroxylation is 1. The number of benzene rings is 2.